The molecule has 0 fully saturated rings. The molecule has 136 valence electrons. The van der Waals surface area contributed by atoms with Crippen LogP contribution in [-0.4, -0.2) is 31.8 Å². The number of methoxy groups -OCH3 is 2. The van der Waals surface area contributed by atoms with Crippen LogP contribution in [0.1, 0.15) is 22.0 Å². The van der Waals surface area contributed by atoms with Crippen molar-refractivity contribution in [3.63, 3.8) is 0 Å². The Morgan fingerprint density at radius 1 is 1.35 bits per heavy atom. The molecule has 0 aliphatic rings. The van der Waals surface area contributed by atoms with Crippen LogP contribution in [0.25, 0.3) is 11.1 Å². The summed E-state index contributed by atoms with van der Waals surface area (Å²) in [4.78, 5) is 16.0. The second-order valence-corrected chi connectivity index (χ2v) is 5.88. The Kier molecular flexibility index (Phi) is 5.27. The number of benzene rings is 2. The molecule has 0 radical (unpaired) electrons. The highest BCUT2D eigenvalue weighted by atomic mass is 35.5. The van der Waals surface area contributed by atoms with E-state index in [1.54, 1.807) is 24.3 Å². The lowest BCUT2D eigenvalue weighted by Gasteiger charge is -2.14. The van der Waals surface area contributed by atoms with Gasteiger partial charge in [0.15, 0.2) is 11.3 Å². The summed E-state index contributed by atoms with van der Waals surface area (Å²) in [6, 6.07) is 9.28. The van der Waals surface area contributed by atoms with E-state index in [1.807, 2.05) is 0 Å². The lowest BCUT2D eigenvalue weighted by molar-refractivity contribution is 0.0600. The van der Waals surface area contributed by atoms with E-state index in [9.17, 15) is 9.18 Å². The van der Waals surface area contributed by atoms with Crippen molar-refractivity contribution in [2.45, 2.75) is 6.04 Å². The lowest BCUT2D eigenvalue weighted by Crippen LogP contribution is -2.12. The monoisotopic (exact) mass is 378 g/mol. The standard InChI is InChI=1S/C18H16ClFN2O4/c1-24-15-8-11(17(23)25-2)7-13-16(15)26-18(21-13)22-14(9-20)10-4-3-5-12(19)6-10/h3-8,14H,9H2,1-2H3,(H,21,22)/t14-/m1/s1. The molecule has 1 N–H and O–H groups in total. The predicted octanol–water partition coefficient (Wildman–Crippen LogP) is 4.40. The van der Waals surface area contributed by atoms with Crippen LogP contribution in [0.3, 0.4) is 0 Å². The third-order valence-corrected chi connectivity index (χ3v) is 4.04. The molecule has 0 bridgehead atoms. The van der Waals surface area contributed by atoms with Crippen molar-refractivity contribution in [2.24, 2.45) is 0 Å². The molecule has 6 nitrogen and oxygen atoms in total. The Hall–Kier alpha value is -2.80. The van der Waals surface area contributed by atoms with Crippen LogP contribution in [0.4, 0.5) is 10.4 Å². The van der Waals surface area contributed by atoms with Gasteiger partial charge in [-0.05, 0) is 29.8 Å². The summed E-state index contributed by atoms with van der Waals surface area (Å²) in [5, 5.41) is 3.40. The third-order valence-electron chi connectivity index (χ3n) is 3.80. The summed E-state index contributed by atoms with van der Waals surface area (Å²) in [6.07, 6.45) is 0. The maximum Gasteiger partial charge on any atom is 0.338 e. The minimum absolute atomic E-state index is 0.0999. The molecular weight excluding hydrogens is 363 g/mol. The molecule has 1 atom stereocenters. The lowest BCUT2D eigenvalue weighted by atomic mass is 10.1. The zero-order valence-electron chi connectivity index (χ0n) is 14.1. The number of nitrogens with zero attached hydrogens (tertiary/aromatic N) is 1. The van der Waals surface area contributed by atoms with Gasteiger partial charge in [-0.1, -0.05) is 23.7 Å². The molecule has 26 heavy (non-hydrogen) atoms. The summed E-state index contributed by atoms with van der Waals surface area (Å²) in [7, 11) is 2.73. The first kappa shape index (κ1) is 18.0. The zero-order valence-corrected chi connectivity index (χ0v) is 14.8. The summed E-state index contributed by atoms with van der Waals surface area (Å²) < 4.78 is 29.1. The number of hydrogen-bond acceptors (Lipinski definition) is 6. The number of halogens is 2. The Morgan fingerprint density at radius 3 is 2.81 bits per heavy atom. The SMILES string of the molecule is COC(=O)c1cc(OC)c2oc(N[C@H](CF)c3cccc(Cl)c3)nc2c1. The van der Waals surface area contributed by atoms with E-state index in [1.165, 1.54) is 26.4 Å². The average Bonchev–Trinajstić information content (AvgIpc) is 3.07. The van der Waals surface area contributed by atoms with Gasteiger partial charge in [-0.2, -0.15) is 4.98 Å². The van der Waals surface area contributed by atoms with Gasteiger partial charge in [0.25, 0.3) is 6.01 Å². The van der Waals surface area contributed by atoms with Crippen LogP contribution in [0.5, 0.6) is 5.75 Å². The molecule has 0 saturated carbocycles. The number of anilines is 1. The number of oxazole rings is 1. The highest BCUT2D eigenvalue weighted by molar-refractivity contribution is 6.30. The maximum atomic E-state index is 13.5. The number of aromatic nitrogens is 1. The molecule has 0 spiro atoms. The van der Waals surface area contributed by atoms with Crippen molar-refractivity contribution in [2.75, 3.05) is 26.2 Å². The third kappa shape index (κ3) is 3.57. The molecule has 1 aromatic heterocycles. The highest BCUT2D eigenvalue weighted by Gasteiger charge is 2.19. The Balaban J connectivity index is 1.96. The van der Waals surface area contributed by atoms with Crippen LogP contribution in [-0.2, 0) is 4.74 Å². The first-order valence-electron chi connectivity index (χ1n) is 7.70. The van der Waals surface area contributed by atoms with Crippen molar-refractivity contribution >= 4 is 34.7 Å². The number of carbonyl (C=O) groups excluding carboxylic acids is 1. The summed E-state index contributed by atoms with van der Waals surface area (Å²) >= 11 is 5.96. The summed E-state index contributed by atoms with van der Waals surface area (Å²) in [5.74, 6) is -0.203. The topological polar surface area (TPSA) is 73.6 Å². The second kappa shape index (κ2) is 7.61. The van der Waals surface area contributed by atoms with Crippen molar-refractivity contribution in [1.82, 2.24) is 4.98 Å². The van der Waals surface area contributed by atoms with E-state index in [4.69, 9.17) is 25.5 Å². The molecule has 0 aliphatic carbocycles. The van der Waals surface area contributed by atoms with Crippen LogP contribution in [0.2, 0.25) is 5.02 Å². The number of rotatable bonds is 6. The number of esters is 1. The zero-order chi connectivity index (χ0) is 18.7. The van der Waals surface area contributed by atoms with E-state index in [-0.39, 0.29) is 11.6 Å². The van der Waals surface area contributed by atoms with Gasteiger partial charge in [-0.15, -0.1) is 0 Å². The molecule has 3 rings (SSSR count). The number of hydrogen-bond donors (Lipinski definition) is 1. The Morgan fingerprint density at radius 2 is 2.15 bits per heavy atom. The van der Waals surface area contributed by atoms with E-state index >= 15 is 0 Å². The Bertz CT molecular complexity index is 944. The van der Waals surface area contributed by atoms with Gasteiger partial charge in [0, 0.05) is 5.02 Å². The predicted molar refractivity (Wildman–Crippen MR) is 95.7 cm³/mol. The fraction of sp³-hybridized carbons (Fsp3) is 0.222. The van der Waals surface area contributed by atoms with Crippen LogP contribution in [0, 0.1) is 0 Å². The Labute approximate surface area is 153 Å². The van der Waals surface area contributed by atoms with Gasteiger partial charge in [0.1, 0.15) is 12.2 Å². The molecule has 0 saturated heterocycles. The number of nitrogens with one attached hydrogen (secondary N) is 1. The smallest absolute Gasteiger partial charge is 0.338 e. The van der Waals surface area contributed by atoms with Crippen molar-refractivity contribution < 1.29 is 23.1 Å². The van der Waals surface area contributed by atoms with Crippen molar-refractivity contribution in [1.29, 1.82) is 0 Å². The molecule has 0 unspecified atom stereocenters. The van der Waals surface area contributed by atoms with E-state index in [0.717, 1.165) is 0 Å². The molecular formula is C18H16ClFN2O4. The summed E-state index contributed by atoms with van der Waals surface area (Å²) in [5.41, 5.74) is 1.65. The minimum Gasteiger partial charge on any atom is -0.493 e. The summed E-state index contributed by atoms with van der Waals surface area (Å²) in [6.45, 7) is -0.691. The van der Waals surface area contributed by atoms with Gasteiger partial charge in [0.05, 0.1) is 25.8 Å². The number of alkyl halides is 1. The number of ether oxygens (including phenoxy) is 2. The van der Waals surface area contributed by atoms with Gasteiger partial charge < -0.3 is 19.2 Å². The fourth-order valence-electron chi connectivity index (χ4n) is 2.53. The second-order valence-electron chi connectivity index (χ2n) is 5.44. The van der Waals surface area contributed by atoms with Crippen LogP contribution in [0.15, 0.2) is 40.8 Å². The normalized spacial score (nSPS) is 12.0. The number of fused-ring (bicyclic) bond motifs is 1. The first-order valence-corrected chi connectivity index (χ1v) is 8.08. The van der Waals surface area contributed by atoms with Crippen LogP contribution < -0.4 is 10.1 Å². The minimum atomic E-state index is -0.691. The van der Waals surface area contributed by atoms with E-state index in [0.29, 0.717) is 27.4 Å². The first-order chi connectivity index (χ1) is 12.5. The average molecular weight is 379 g/mol. The quantitative estimate of drug-likeness (QED) is 0.641. The van der Waals surface area contributed by atoms with Crippen LogP contribution >= 0.6 is 11.6 Å². The van der Waals surface area contributed by atoms with Gasteiger partial charge >= 0.3 is 5.97 Å². The largest absolute Gasteiger partial charge is 0.493 e. The van der Waals surface area contributed by atoms with Crippen molar-refractivity contribution in [3.8, 4) is 5.75 Å². The fourth-order valence-corrected chi connectivity index (χ4v) is 2.73. The molecule has 1 heterocycles. The molecule has 2 aromatic carbocycles. The highest BCUT2D eigenvalue weighted by Crippen LogP contribution is 2.32. The van der Waals surface area contributed by atoms with Gasteiger partial charge in [-0.3, -0.25) is 0 Å². The van der Waals surface area contributed by atoms with Gasteiger partial charge in [-0.25, -0.2) is 9.18 Å². The molecule has 0 aliphatic heterocycles. The van der Waals surface area contributed by atoms with E-state index < -0.39 is 18.7 Å². The molecule has 3 aromatic rings. The molecule has 0 amide bonds. The van der Waals surface area contributed by atoms with E-state index in [2.05, 4.69) is 10.3 Å². The van der Waals surface area contributed by atoms with Gasteiger partial charge in [0.2, 0.25) is 0 Å². The van der Waals surface area contributed by atoms with Crippen molar-refractivity contribution in [3.05, 3.63) is 52.5 Å². The molecule has 8 heteroatoms. The maximum absolute atomic E-state index is 13.5. The number of carbonyl (C=O) groups is 1.